The van der Waals surface area contributed by atoms with Gasteiger partial charge in [-0.3, -0.25) is 9.52 Å². The van der Waals surface area contributed by atoms with Crippen LogP contribution in [0.1, 0.15) is 23.1 Å². The van der Waals surface area contributed by atoms with E-state index in [9.17, 15) is 13.2 Å². The number of hydrogen-bond acceptors (Lipinski definition) is 6. The fourth-order valence-electron chi connectivity index (χ4n) is 2.03. The highest BCUT2D eigenvalue weighted by molar-refractivity contribution is 7.92. The summed E-state index contributed by atoms with van der Waals surface area (Å²) in [6.07, 6.45) is 1.97. The number of benzene rings is 1. The van der Waals surface area contributed by atoms with E-state index in [0.717, 1.165) is 28.7 Å². The van der Waals surface area contributed by atoms with Crippen molar-refractivity contribution in [1.29, 1.82) is 0 Å². The van der Waals surface area contributed by atoms with E-state index in [2.05, 4.69) is 26.3 Å². The van der Waals surface area contributed by atoms with Crippen molar-refractivity contribution in [2.45, 2.75) is 26.7 Å². The number of aryl methyl sites for hydroxylation is 3. The van der Waals surface area contributed by atoms with Crippen LogP contribution in [-0.2, 0) is 21.2 Å². The van der Waals surface area contributed by atoms with Gasteiger partial charge in [-0.25, -0.2) is 8.42 Å². The van der Waals surface area contributed by atoms with E-state index in [1.807, 2.05) is 26.0 Å². The first-order chi connectivity index (χ1) is 10.7. The predicted molar refractivity (Wildman–Crippen MR) is 91.2 cm³/mol. The van der Waals surface area contributed by atoms with Crippen molar-refractivity contribution in [3.05, 3.63) is 34.9 Å². The second kappa shape index (κ2) is 7.05. The standard InChI is InChI=1S/C14H18N4O3S2/c1-9-4-5-11(10(2)8-9)6-7-12(19)15-13-16-17-14(22-13)18-23(3,20)21/h4-5,8H,6-7H2,1-3H3,(H,17,18)(H,15,16,19). The number of aromatic nitrogens is 2. The van der Waals surface area contributed by atoms with Crippen molar-refractivity contribution in [3.63, 3.8) is 0 Å². The minimum absolute atomic E-state index is 0.122. The summed E-state index contributed by atoms with van der Waals surface area (Å²) in [5.74, 6) is -0.188. The van der Waals surface area contributed by atoms with Crippen LogP contribution >= 0.6 is 11.3 Å². The molecule has 0 aliphatic rings. The Labute approximate surface area is 139 Å². The van der Waals surface area contributed by atoms with Crippen LogP contribution in [0, 0.1) is 13.8 Å². The van der Waals surface area contributed by atoms with Gasteiger partial charge in [0.2, 0.25) is 26.2 Å². The van der Waals surface area contributed by atoms with Crippen LogP contribution in [0.25, 0.3) is 0 Å². The molecule has 0 aliphatic heterocycles. The number of sulfonamides is 1. The monoisotopic (exact) mass is 354 g/mol. The Bertz CT molecular complexity index is 815. The van der Waals surface area contributed by atoms with Gasteiger partial charge >= 0.3 is 0 Å². The molecule has 1 aromatic heterocycles. The molecule has 2 rings (SSSR count). The molecule has 2 aromatic rings. The molecular weight excluding hydrogens is 336 g/mol. The van der Waals surface area contributed by atoms with E-state index >= 15 is 0 Å². The molecule has 0 radical (unpaired) electrons. The maximum atomic E-state index is 11.9. The smallest absolute Gasteiger partial charge is 0.231 e. The number of rotatable bonds is 6. The van der Waals surface area contributed by atoms with Crippen LogP contribution in [-0.4, -0.2) is 30.8 Å². The topological polar surface area (TPSA) is 101 Å². The maximum absolute atomic E-state index is 11.9. The van der Waals surface area contributed by atoms with Gasteiger partial charge in [-0.1, -0.05) is 35.1 Å². The lowest BCUT2D eigenvalue weighted by atomic mass is 10.0. The molecule has 23 heavy (non-hydrogen) atoms. The van der Waals surface area contributed by atoms with Gasteiger partial charge in [0.15, 0.2) is 0 Å². The van der Waals surface area contributed by atoms with E-state index in [-0.39, 0.29) is 16.2 Å². The van der Waals surface area contributed by atoms with Crippen LogP contribution in [0.3, 0.4) is 0 Å². The van der Waals surface area contributed by atoms with Crippen molar-refractivity contribution in [1.82, 2.24) is 10.2 Å². The molecule has 9 heteroatoms. The summed E-state index contributed by atoms with van der Waals surface area (Å²) in [6.45, 7) is 4.05. The molecule has 0 saturated carbocycles. The van der Waals surface area contributed by atoms with Crippen LogP contribution in [0.2, 0.25) is 0 Å². The van der Waals surface area contributed by atoms with Crippen LogP contribution in [0.5, 0.6) is 0 Å². The molecule has 0 atom stereocenters. The number of nitrogens with one attached hydrogen (secondary N) is 2. The van der Waals surface area contributed by atoms with Crippen molar-refractivity contribution in [3.8, 4) is 0 Å². The SMILES string of the molecule is Cc1ccc(CCC(=O)Nc2nnc(NS(C)(=O)=O)s2)c(C)c1. The number of carbonyl (C=O) groups is 1. The lowest BCUT2D eigenvalue weighted by Gasteiger charge is -2.06. The number of amides is 1. The fourth-order valence-corrected chi connectivity index (χ4v) is 3.52. The van der Waals surface area contributed by atoms with Crippen molar-refractivity contribution < 1.29 is 13.2 Å². The van der Waals surface area contributed by atoms with Crippen molar-refractivity contribution in [2.75, 3.05) is 16.3 Å². The van der Waals surface area contributed by atoms with Crippen molar-refractivity contribution >= 4 is 37.5 Å². The Morgan fingerprint density at radius 3 is 2.57 bits per heavy atom. The fraction of sp³-hybridized carbons (Fsp3) is 0.357. The van der Waals surface area contributed by atoms with Gasteiger partial charge in [0.1, 0.15) is 0 Å². The third-order valence-corrected chi connectivity index (χ3v) is 4.51. The van der Waals surface area contributed by atoms with Gasteiger partial charge < -0.3 is 5.32 Å². The Hall–Kier alpha value is -2.00. The third kappa shape index (κ3) is 5.61. The van der Waals surface area contributed by atoms with Gasteiger partial charge in [0.25, 0.3) is 0 Å². The molecule has 1 heterocycles. The van der Waals surface area contributed by atoms with E-state index < -0.39 is 10.0 Å². The zero-order chi connectivity index (χ0) is 17.0. The van der Waals surface area contributed by atoms with E-state index in [1.54, 1.807) is 0 Å². The zero-order valence-electron chi connectivity index (χ0n) is 13.1. The summed E-state index contributed by atoms with van der Waals surface area (Å²) in [7, 11) is -3.40. The molecule has 2 N–H and O–H groups in total. The molecule has 0 saturated heterocycles. The Balaban J connectivity index is 1.90. The highest BCUT2D eigenvalue weighted by Gasteiger charge is 2.11. The first kappa shape index (κ1) is 17.4. The number of nitrogens with zero attached hydrogens (tertiary/aromatic N) is 2. The summed E-state index contributed by atoms with van der Waals surface area (Å²) in [5, 5.41) is 10.4. The third-order valence-electron chi connectivity index (χ3n) is 3.06. The second-order valence-electron chi connectivity index (χ2n) is 5.26. The summed E-state index contributed by atoms with van der Waals surface area (Å²) in [6, 6.07) is 6.13. The molecule has 0 spiro atoms. The molecule has 0 fully saturated rings. The van der Waals surface area contributed by atoms with Crippen LogP contribution < -0.4 is 10.0 Å². The highest BCUT2D eigenvalue weighted by atomic mass is 32.2. The first-order valence-corrected chi connectivity index (χ1v) is 9.61. The van der Waals surface area contributed by atoms with Crippen molar-refractivity contribution in [2.24, 2.45) is 0 Å². The van der Waals surface area contributed by atoms with Gasteiger partial charge in [-0.05, 0) is 31.4 Å². The van der Waals surface area contributed by atoms with Gasteiger partial charge in [0.05, 0.1) is 6.26 Å². The molecular formula is C14H18N4O3S2. The second-order valence-corrected chi connectivity index (χ2v) is 7.99. The molecule has 1 amide bonds. The van der Waals surface area contributed by atoms with E-state index in [4.69, 9.17) is 0 Å². The Kier molecular flexibility index (Phi) is 5.32. The Morgan fingerprint density at radius 1 is 1.22 bits per heavy atom. The highest BCUT2D eigenvalue weighted by Crippen LogP contribution is 2.21. The summed E-state index contributed by atoms with van der Waals surface area (Å²) in [5.41, 5.74) is 3.48. The molecule has 0 bridgehead atoms. The van der Waals surface area contributed by atoms with E-state index in [1.165, 1.54) is 5.56 Å². The molecule has 0 aliphatic carbocycles. The lowest BCUT2D eigenvalue weighted by Crippen LogP contribution is -2.12. The van der Waals surface area contributed by atoms with Crippen LogP contribution in [0.4, 0.5) is 10.3 Å². The average molecular weight is 354 g/mol. The zero-order valence-corrected chi connectivity index (χ0v) is 14.7. The summed E-state index contributed by atoms with van der Waals surface area (Å²) < 4.78 is 24.4. The first-order valence-electron chi connectivity index (χ1n) is 6.90. The van der Waals surface area contributed by atoms with Gasteiger partial charge in [-0.2, -0.15) is 0 Å². The molecule has 1 aromatic carbocycles. The lowest BCUT2D eigenvalue weighted by molar-refractivity contribution is -0.116. The minimum atomic E-state index is -3.40. The largest absolute Gasteiger partial charge is 0.300 e. The quantitative estimate of drug-likeness (QED) is 0.827. The Morgan fingerprint density at radius 2 is 1.91 bits per heavy atom. The number of carbonyl (C=O) groups excluding carboxylic acids is 1. The van der Waals surface area contributed by atoms with E-state index in [0.29, 0.717) is 12.8 Å². The van der Waals surface area contributed by atoms with Gasteiger partial charge in [-0.15, -0.1) is 10.2 Å². The normalized spacial score (nSPS) is 11.3. The number of hydrogen-bond donors (Lipinski definition) is 2. The summed E-state index contributed by atoms with van der Waals surface area (Å²) >= 11 is 0.970. The minimum Gasteiger partial charge on any atom is -0.300 e. The summed E-state index contributed by atoms with van der Waals surface area (Å²) in [4.78, 5) is 11.9. The average Bonchev–Trinajstić information content (AvgIpc) is 2.82. The number of anilines is 2. The molecule has 0 unspecified atom stereocenters. The van der Waals surface area contributed by atoms with Crippen LogP contribution in [0.15, 0.2) is 18.2 Å². The molecule has 124 valence electrons. The maximum Gasteiger partial charge on any atom is 0.231 e. The molecule has 7 nitrogen and oxygen atoms in total. The van der Waals surface area contributed by atoms with Gasteiger partial charge in [0, 0.05) is 6.42 Å². The predicted octanol–water partition coefficient (Wildman–Crippen LogP) is 2.10.